The van der Waals surface area contributed by atoms with Crippen LogP contribution in [0.4, 0.5) is 5.69 Å². The molecule has 1 aromatic heterocycles. The van der Waals surface area contributed by atoms with Crippen molar-refractivity contribution in [2.75, 3.05) is 25.5 Å². The minimum absolute atomic E-state index is 0. The van der Waals surface area contributed by atoms with E-state index >= 15 is 0 Å². The average Bonchev–Trinajstić information content (AvgIpc) is 3.11. The molecular formula is C20H29IN4OS. The van der Waals surface area contributed by atoms with E-state index in [1.807, 2.05) is 35.6 Å². The van der Waals surface area contributed by atoms with E-state index in [-0.39, 0.29) is 29.9 Å². The molecule has 27 heavy (non-hydrogen) atoms. The van der Waals surface area contributed by atoms with Crippen molar-refractivity contribution in [1.29, 1.82) is 0 Å². The van der Waals surface area contributed by atoms with Crippen molar-refractivity contribution in [3.63, 3.8) is 0 Å². The lowest BCUT2D eigenvalue weighted by molar-refractivity contribution is -0.114. The van der Waals surface area contributed by atoms with E-state index in [1.54, 1.807) is 7.05 Å². The van der Waals surface area contributed by atoms with Gasteiger partial charge >= 0.3 is 0 Å². The number of hydrogen-bond donors (Lipinski definition) is 3. The molecule has 148 valence electrons. The summed E-state index contributed by atoms with van der Waals surface area (Å²) in [5.41, 5.74) is 2.04. The summed E-state index contributed by atoms with van der Waals surface area (Å²) in [6, 6.07) is 12.2. The summed E-state index contributed by atoms with van der Waals surface area (Å²) in [4.78, 5) is 16.7. The Morgan fingerprint density at radius 1 is 1.19 bits per heavy atom. The number of benzene rings is 1. The molecule has 1 heterocycles. The maximum Gasteiger partial charge on any atom is 0.221 e. The Bertz CT molecular complexity index is 701. The Morgan fingerprint density at radius 3 is 2.52 bits per heavy atom. The number of thiophene rings is 1. The zero-order valence-electron chi connectivity index (χ0n) is 16.1. The zero-order valence-corrected chi connectivity index (χ0v) is 19.3. The number of nitrogens with one attached hydrogen (secondary N) is 3. The van der Waals surface area contributed by atoms with E-state index < -0.39 is 0 Å². The third kappa shape index (κ3) is 9.23. The van der Waals surface area contributed by atoms with E-state index in [0.29, 0.717) is 5.92 Å². The number of guanidine groups is 1. The number of halogens is 1. The Balaban J connectivity index is 0.00000364. The normalized spacial score (nSPS) is 12.0. The lowest BCUT2D eigenvalue weighted by atomic mass is 10.1. The van der Waals surface area contributed by atoms with Crippen molar-refractivity contribution in [3.05, 3.63) is 52.2 Å². The molecule has 0 fully saturated rings. The number of rotatable bonds is 8. The molecule has 0 saturated heterocycles. The number of nitrogens with zero attached hydrogens (tertiary/aromatic N) is 1. The van der Waals surface area contributed by atoms with Crippen molar-refractivity contribution >= 4 is 52.9 Å². The second-order valence-electron chi connectivity index (χ2n) is 6.40. The second-order valence-corrected chi connectivity index (χ2v) is 7.43. The fourth-order valence-electron chi connectivity index (χ4n) is 2.62. The van der Waals surface area contributed by atoms with Gasteiger partial charge in [0.25, 0.3) is 0 Å². The maximum absolute atomic E-state index is 11.0. The number of amides is 1. The fraction of sp³-hybridized carbons (Fsp3) is 0.400. The fourth-order valence-corrected chi connectivity index (χ4v) is 3.49. The first kappa shape index (κ1) is 23.4. The van der Waals surface area contributed by atoms with Crippen LogP contribution < -0.4 is 16.0 Å². The van der Waals surface area contributed by atoms with Gasteiger partial charge in [-0.2, -0.15) is 0 Å². The van der Waals surface area contributed by atoms with Crippen molar-refractivity contribution < 1.29 is 4.79 Å². The number of carbonyl (C=O) groups excluding carboxylic acids is 1. The van der Waals surface area contributed by atoms with Crippen LogP contribution >= 0.6 is 35.3 Å². The molecule has 2 aromatic rings. The molecule has 0 aliphatic carbocycles. The quantitative estimate of drug-likeness (QED) is 0.293. The molecule has 1 amide bonds. The van der Waals surface area contributed by atoms with Gasteiger partial charge in [0.2, 0.25) is 5.91 Å². The minimum atomic E-state index is -0.0532. The highest BCUT2D eigenvalue weighted by atomic mass is 127. The van der Waals surface area contributed by atoms with Gasteiger partial charge in [0.05, 0.1) is 0 Å². The standard InChI is InChI=1S/C20H28N4OS.HI/c1-15(13-19-5-4-12-26-19)14-23-20(21-3)22-11-10-17-6-8-18(9-7-17)24-16(2)25;/h4-9,12,15H,10-11,13-14H2,1-3H3,(H,24,25)(H2,21,22,23);1H. The SMILES string of the molecule is CN=C(NCCc1ccc(NC(C)=O)cc1)NCC(C)Cc1cccs1.I. The third-order valence-electron chi connectivity index (χ3n) is 3.95. The number of carbonyl (C=O) groups is 1. The van der Waals surface area contributed by atoms with Gasteiger partial charge in [0.1, 0.15) is 0 Å². The molecule has 0 bridgehead atoms. The molecule has 0 spiro atoms. The second kappa shape index (κ2) is 12.7. The molecular weight excluding hydrogens is 471 g/mol. The summed E-state index contributed by atoms with van der Waals surface area (Å²) in [7, 11) is 1.79. The first-order chi connectivity index (χ1) is 12.6. The Kier molecular flexibility index (Phi) is 11.0. The summed E-state index contributed by atoms with van der Waals surface area (Å²) in [5.74, 6) is 1.33. The minimum Gasteiger partial charge on any atom is -0.356 e. The van der Waals surface area contributed by atoms with Gasteiger partial charge in [-0.25, -0.2) is 0 Å². The van der Waals surface area contributed by atoms with Gasteiger partial charge in [0.15, 0.2) is 5.96 Å². The van der Waals surface area contributed by atoms with Crippen LogP contribution in [0.1, 0.15) is 24.3 Å². The van der Waals surface area contributed by atoms with E-state index in [2.05, 4.69) is 45.4 Å². The summed E-state index contributed by atoms with van der Waals surface area (Å²) in [6.45, 7) is 5.45. The van der Waals surface area contributed by atoms with Crippen molar-refractivity contribution in [2.24, 2.45) is 10.9 Å². The monoisotopic (exact) mass is 500 g/mol. The van der Waals surface area contributed by atoms with Crippen LogP contribution in [0.15, 0.2) is 46.8 Å². The van der Waals surface area contributed by atoms with Crippen molar-refractivity contribution in [1.82, 2.24) is 10.6 Å². The highest BCUT2D eigenvalue weighted by Crippen LogP contribution is 2.13. The van der Waals surface area contributed by atoms with Crippen molar-refractivity contribution in [3.8, 4) is 0 Å². The topological polar surface area (TPSA) is 65.5 Å². The summed E-state index contributed by atoms with van der Waals surface area (Å²) < 4.78 is 0. The van der Waals surface area contributed by atoms with Crippen LogP contribution in [0.5, 0.6) is 0 Å². The summed E-state index contributed by atoms with van der Waals surface area (Å²) in [6.07, 6.45) is 1.98. The molecule has 0 radical (unpaired) electrons. The molecule has 2 rings (SSSR count). The Labute approximate surface area is 183 Å². The van der Waals surface area contributed by atoms with Crippen LogP contribution in [-0.2, 0) is 17.6 Å². The zero-order chi connectivity index (χ0) is 18.8. The molecule has 0 aliphatic rings. The number of hydrogen-bond acceptors (Lipinski definition) is 3. The molecule has 1 atom stereocenters. The van der Waals surface area contributed by atoms with Gasteiger partial charge in [-0.1, -0.05) is 25.1 Å². The van der Waals surface area contributed by atoms with Crippen LogP contribution in [0.3, 0.4) is 0 Å². The molecule has 1 unspecified atom stereocenters. The van der Waals surface area contributed by atoms with Crippen molar-refractivity contribution in [2.45, 2.75) is 26.7 Å². The van der Waals surface area contributed by atoms with E-state index in [0.717, 1.165) is 37.6 Å². The predicted octanol–water partition coefficient (Wildman–Crippen LogP) is 3.91. The van der Waals surface area contributed by atoms with E-state index in [4.69, 9.17) is 0 Å². The third-order valence-corrected chi connectivity index (χ3v) is 4.85. The first-order valence-corrected chi connectivity index (χ1v) is 9.78. The number of anilines is 1. The highest BCUT2D eigenvalue weighted by molar-refractivity contribution is 14.0. The summed E-state index contributed by atoms with van der Waals surface area (Å²) >= 11 is 1.81. The van der Waals surface area contributed by atoms with Crippen LogP contribution in [-0.4, -0.2) is 32.0 Å². The Morgan fingerprint density at radius 2 is 1.93 bits per heavy atom. The molecule has 0 aliphatic heterocycles. The van der Waals surface area contributed by atoms with Crippen LogP contribution in [0, 0.1) is 5.92 Å². The van der Waals surface area contributed by atoms with Gasteiger partial charge in [-0.15, -0.1) is 35.3 Å². The lowest BCUT2D eigenvalue weighted by Crippen LogP contribution is -2.40. The van der Waals surface area contributed by atoms with Gasteiger partial charge in [0, 0.05) is 37.6 Å². The number of aliphatic imine (C=N–C) groups is 1. The van der Waals surface area contributed by atoms with Crippen LogP contribution in [0.2, 0.25) is 0 Å². The van der Waals surface area contributed by atoms with Gasteiger partial charge in [-0.3, -0.25) is 9.79 Å². The highest BCUT2D eigenvalue weighted by Gasteiger charge is 2.06. The largest absolute Gasteiger partial charge is 0.356 e. The average molecular weight is 500 g/mol. The summed E-state index contributed by atoms with van der Waals surface area (Å²) in [5, 5.41) is 11.6. The van der Waals surface area contributed by atoms with Gasteiger partial charge in [-0.05, 0) is 47.9 Å². The molecule has 1 aromatic carbocycles. The molecule has 0 saturated carbocycles. The smallest absolute Gasteiger partial charge is 0.221 e. The molecule has 5 nitrogen and oxygen atoms in total. The van der Waals surface area contributed by atoms with Gasteiger partial charge < -0.3 is 16.0 Å². The van der Waals surface area contributed by atoms with E-state index in [1.165, 1.54) is 17.4 Å². The molecule has 3 N–H and O–H groups in total. The van der Waals surface area contributed by atoms with E-state index in [9.17, 15) is 4.79 Å². The van der Waals surface area contributed by atoms with Crippen LogP contribution in [0.25, 0.3) is 0 Å². The maximum atomic E-state index is 11.0. The predicted molar refractivity (Wildman–Crippen MR) is 126 cm³/mol. The first-order valence-electron chi connectivity index (χ1n) is 8.90. The Hall–Kier alpha value is -1.61. The lowest BCUT2D eigenvalue weighted by Gasteiger charge is -2.15. The molecule has 7 heteroatoms.